The lowest BCUT2D eigenvalue weighted by atomic mass is 9.93. The van der Waals surface area contributed by atoms with Crippen LogP contribution in [-0.2, 0) is 11.8 Å². The van der Waals surface area contributed by atoms with Gasteiger partial charge < -0.3 is 20.5 Å². The maximum atomic E-state index is 6.06. The molecule has 156 valence electrons. The number of nitrogens with one attached hydrogen (secondary N) is 1. The third kappa shape index (κ3) is 7.46. The maximum absolute atomic E-state index is 6.06. The minimum atomic E-state index is 0. The highest BCUT2D eigenvalue weighted by atomic mass is 127. The molecular weight excluding hydrogens is 487 g/mol. The molecule has 3 N–H and O–H groups in total. The van der Waals surface area contributed by atoms with Crippen LogP contribution < -0.4 is 20.5 Å². The molecule has 0 aliphatic heterocycles. The van der Waals surface area contributed by atoms with Crippen LogP contribution in [0.3, 0.4) is 0 Å². The number of hydrogen-bond acceptors (Lipinski definition) is 5. The first-order valence-corrected chi connectivity index (χ1v) is 10.1. The standard InChI is InChI=1S/C20H30N4O2S.HI/c1-6-25-14-8-9-16(26-7-2)15(12-14)23-19(21)22-11-10-18-24-17(13-27-18)20(3,4)5;/h8-9,12-13H,6-7,10-11H2,1-5H3,(H3,21,22,23);1H. The quantitative estimate of drug-likeness (QED) is 0.298. The summed E-state index contributed by atoms with van der Waals surface area (Å²) >= 11 is 1.67. The molecule has 1 aromatic carbocycles. The third-order valence-electron chi connectivity index (χ3n) is 3.75. The van der Waals surface area contributed by atoms with Gasteiger partial charge in [-0.2, -0.15) is 0 Å². The molecular formula is C20H31IN4O2S. The highest BCUT2D eigenvalue weighted by Gasteiger charge is 2.17. The van der Waals surface area contributed by atoms with E-state index in [1.807, 2.05) is 32.0 Å². The van der Waals surface area contributed by atoms with Crippen molar-refractivity contribution in [2.24, 2.45) is 10.7 Å². The molecule has 0 atom stereocenters. The van der Waals surface area contributed by atoms with E-state index in [0.717, 1.165) is 28.6 Å². The molecule has 1 heterocycles. The summed E-state index contributed by atoms with van der Waals surface area (Å²) < 4.78 is 11.2. The number of nitrogens with zero attached hydrogens (tertiary/aromatic N) is 2. The lowest BCUT2D eigenvalue weighted by molar-refractivity contribution is 0.332. The fourth-order valence-electron chi connectivity index (χ4n) is 2.36. The lowest BCUT2D eigenvalue weighted by Crippen LogP contribution is -2.23. The molecule has 0 saturated carbocycles. The monoisotopic (exact) mass is 518 g/mol. The second kappa shape index (κ2) is 11.5. The Bertz CT molecular complexity index is 772. The van der Waals surface area contributed by atoms with Gasteiger partial charge in [-0.15, -0.1) is 35.3 Å². The van der Waals surface area contributed by atoms with Crippen molar-refractivity contribution in [3.05, 3.63) is 34.3 Å². The van der Waals surface area contributed by atoms with E-state index < -0.39 is 0 Å². The van der Waals surface area contributed by atoms with Crippen molar-refractivity contribution < 1.29 is 9.47 Å². The summed E-state index contributed by atoms with van der Waals surface area (Å²) in [5.74, 6) is 1.82. The van der Waals surface area contributed by atoms with Gasteiger partial charge in [0.05, 0.1) is 29.6 Å². The second-order valence-electron chi connectivity index (χ2n) is 7.04. The van der Waals surface area contributed by atoms with E-state index in [1.54, 1.807) is 11.3 Å². The van der Waals surface area contributed by atoms with Crippen LogP contribution in [0.4, 0.5) is 5.69 Å². The van der Waals surface area contributed by atoms with Gasteiger partial charge in [-0.3, -0.25) is 4.99 Å². The number of nitrogens with two attached hydrogens (primary N) is 1. The number of aromatic nitrogens is 1. The first-order chi connectivity index (χ1) is 12.8. The van der Waals surface area contributed by atoms with E-state index in [4.69, 9.17) is 15.2 Å². The average Bonchev–Trinajstić information content (AvgIpc) is 3.07. The van der Waals surface area contributed by atoms with Crippen LogP contribution in [0.1, 0.15) is 45.3 Å². The summed E-state index contributed by atoms with van der Waals surface area (Å²) in [6, 6.07) is 5.61. The van der Waals surface area contributed by atoms with Gasteiger partial charge in [0.2, 0.25) is 0 Å². The van der Waals surface area contributed by atoms with Gasteiger partial charge in [0.1, 0.15) is 11.5 Å². The summed E-state index contributed by atoms with van der Waals surface area (Å²) in [7, 11) is 0. The highest BCUT2D eigenvalue weighted by molar-refractivity contribution is 14.0. The van der Waals surface area contributed by atoms with E-state index in [0.29, 0.717) is 31.5 Å². The number of halogens is 1. The van der Waals surface area contributed by atoms with Crippen molar-refractivity contribution in [1.82, 2.24) is 4.98 Å². The van der Waals surface area contributed by atoms with Crippen molar-refractivity contribution in [1.29, 1.82) is 0 Å². The molecule has 0 aliphatic carbocycles. The molecule has 0 fully saturated rings. The molecule has 0 amide bonds. The Kier molecular flexibility index (Phi) is 10.0. The van der Waals surface area contributed by atoms with E-state index >= 15 is 0 Å². The summed E-state index contributed by atoms with van der Waals surface area (Å²) in [5.41, 5.74) is 7.99. The smallest absolute Gasteiger partial charge is 0.193 e. The fourth-order valence-corrected chi connectivity index (χ4v) is 3.38. The van der Waals surface area contributed by atoms with Crippen molar-refractivity contribution in [3.63, 3.8) is 0 Å². The first-order valence-electron chi connectivity index (χ1n) is 9.25. The van der Waals surface area contributed by atoms with Gasteiger partial charge >= 0.3 is 0 Å². The van der Waals surface area contributed by atoms with Crippen LogP contribution in [0, 0.1) is 0 Å². The van der Waals surface area contributed by atoms with Gasteiger partial charge in [0, 0.05) is 29.8 Å². The minimum Gasteiger partial charge on any atom is -0.494 e. The summed E-state index contributed by atoms with van der Waals surface area (Å²) in [6.45, 7) is 12.1. The normalized spacial score (nSPS) is 11.7. The number of benzene rings is 1. The summed E-state index contributed by atoms with van der Waals surface area (Å²) in [4.78, 5) is 9.10. The third-order valence-corrected chi connectivity index (χ3v) is 4.66. The number of hydrogen-bond donors (Lipinski definition) is 2. The Hall–Kier alpha value is -1.55. The second-order valence-corrected chi connectivity index (χ2v) is 7.99. The zero-order valence-electron chi connectivity index (χ0n) is 17.2. The number of anilines is 1. The van der Waals surface area contributed by atoms with Crippen LogP contribution in [0.2, 0.25) is 0 Å². The number of rotatable bonds is 8. The molecule has 2 aromatic rings. The van der Waals surface area contributed by atoms with E-state index in [9.17, 15) is 0 Å². The van der Waals surface area contributed by atoms with Gasteiger partial charge in [0.15, 0.2) is 5.96 Å². The summed E-state index contributed by atoms with van der Waals surface area (Å²) in [5, 5.41) is 6.31. The van der Waals surface area contributed by atoms with Crippen molar-refractivity contribution in [2.75, 3.05) is 25.1 Å². The predicted octanol–water partition coefficient (Wildman–Crippen LogP) is 4.83. The van der Waals surface area contributed by atoms with Crippen LogP contribution in [0.25, 0.3) is 0 Å². The molecule has 0 unspecified atom stereocenters. The van der Waals surface area contributed by atoms with Crippen LogP contribution in [-0.4, -0.2) is 30.7 Å². The minimum absolute atomic E-state index is 0. The van der Waals surface area contributed by atoms with Crippen molar-refractivity contribution in [2.45, 2.75) is 46.5 Å². The zero-order chi connectivity index (χ0) is 19.9. The first kappa shape index (κ1) is 24.5. The molecule has 6 nitrogen and oxygen atoms in total. The Morgan fingerprint density at radius 3 is 2.54 bits per heavy atom. The summed E-state index contributed by atoms with van der Waals surface area (Å²) in [6.07, 6.45) is 0.764. The van der Waals surface area contributed by atoms with Gasteiger partial charge in [0.25, 0.3) is 0 Å². The average molecular weight is 518 g/mol. The molecule has 0 saturated heterocycles. The van der Waals surface area contributed by atoms with E-state index in [1.165, 1.54) is 0 Å². The SMILES string of the molecule is CCOc1ccc(OCC)c(NC(N)=NCCc2nc(C(C)(C)C)cs2)c1.I. The molecule has 8 heteroatoms. The highest BCUT2D eigenvalue weighted by Crippen LogP contribution is 2.29. The number of guanidine groups is 1. The molecule has 0 bridgehead atoms. The Morgan fingerprint density at radius 2 is 1.93 bits per heavy atom. The van der Waals surface area contributed by atoms with Crippen LogP contribution >= 0.6 is 35.3 Å². The van der Waals surface area contributed by atoms with Gasteiger partial charge in [-0.05, 0) is 26.0 Å². The molecule has 28 heavy (non-hydrogen) atoms. The zero-order valence-corrected chi connectivity index (χ0v) is 20.4. The number of aliphatic imine (C=N–C) groups is 1. The molecule has 0 aliphatic rings. The van der Waals surface area contributed by atoms with E-state index in [2.05, 4.69) is 41.4 Å². The molecule has 0 spiro atoms. The molecule has 0 radical (unpaired) electrons. The largest absolute Gasteiger partial charge is 0.494 e. The fraction of sp³-hybridized carbons (Fsp3) is 0.500. The topological polar surface area (TPSA) is 81.8 Å². The Labute approximate surface area is 189 Å². The van der Waals surface area contributed by atoms with Gasteiger partial charge in [-0.1, -0.05) is 20.8 Å². The van der Waals surface area contributed by atoms with Crippen molar-refractivity contribution >= 4 is 47.0 Å². The Balaban J connectivity index is 0.00000392. The van der Waals surface area contributed by atoms with Gasteiger partial charge in [-0.25, -0.2) is 4.98 Å². The molecule has 1 aromatic heterocycles. The lowest BCUT2D eigenvalue weighted by Gasteiger charge is -2.14. The predicted molar refractivity (Wildman–Crippen MR) is 129 cm³/mol. The Morgan fingerprint density at radius 1 is 1.21 bits per heavy atom. The van der Waals surface area contributed by atoms with Crippen molar-refractivity contribution in [3.8, 4) is 11.5 Å². The maximum Gasteiger partial charge on any atom is 0.193 e. The van der Waals surface area contributed by atoms with Crippen LogP contribution in [0.15, 0.2) is 28.6 Å². The van der Waals surface area contributed by atoms with Crippen LogP contribution in [0.5, 0.6) is 11.5 Å². The molecule has 2 rings (SSSR count). The number of thiazole rings is 1. The van der Waals surface area contributed by atoms with E-state index in [-0.39, 0.29) is 29.4 Å². The number of ether oxygens (including phenoxy) is 2.